The molecule has 5 rings (SSSR count). The van der Waals surface area contributed by atoms with E-state index in [4.69, 9.17) is 4.74 Å². The van der Waals surface area contributed by atoms with Crippen molar-refractivity contribution in [1.82, 2.24) is 19.4 Å². The Kier molecular flexibility index (Phi) is 5.63. The second kappa shape index (κ2) is 8.74. The fraction of sp³-hybridized carbons (Fsp3) is 0.375. The van der Waals surface area contributed by atoms with Crippen molar-refractivity contribution < 1.29 is 14.3 Å². The Bertz CT molecular complexity index is 1230. The number of H-pyrrole nitrogens is 1. The maximum atomic E-state index is 12.6. The number of methoxy groups -OCH3 is 1. The van der Waals surface area contributed by atoms with Gasteiger partial charge in [0.25, 0.3) is 0 Å². The first-order chi connectivity index (χ1) is 16.0. The molecule has 3 aromatic rings. The summed E-state index contributed by atoms with van der Waals surface area (Å²) in [6.45, 7) is 3.14. The van der Waals surface area contributed by atoms with E-state index in [0.717, 1.165) is 37.0 Å². The third-order valence-electron chi connectivity index (χ3n) is 6.69. The molecule has 1 aromatic heterocycles. The number of para-hydroxylation sites is 2. The quantitative estimate of drug-likeness (QED) is 0.597. The van der Waals surface area contributed by atoms with Gasteiger partial charge in [-0.1, -0.05) is 18.2 Å². The number of fused-ring (bicyclic) bond motifs is 1. The monoisotopic (exact) mass is 449 g/mol. The molecule has 2 aliphatic heterocycles. The molecule has 0 aliphatic carbocycles. The van der Waals surface area contributed by atoms with Crippen LogP contribution in [0.1, 0.15) is 29.2 Å². The summed E-state index contributed by atoms with van der Waals surface area (Å²) in [7, 11) is 1.33. The van der Waals surface area contributed by atoms with E-state index >= 15 is 0 Å². The lowest BCUT2D eigenvalue weighted by molar-refractivity contribution is 0.0397. The number of hydrogen-bond donors (Lipinski definition) is 2. The fourth-order valence-electron chi connectivity index (χ4n) is 4.84. The zero-order valence-corrected chi connectivity index (χ0v) is 18.5. The van der Waals surface area contributed by atoms with Crippen molar-refractivity contribution in [2.45, 2.75) is 24.9 Å². The zero-order valence-electron chi connectivity index (χ0n) is 18.5. The summed E-state index contributed by atoms with van der Waals surface area (Å²) in [5.41, 5.74) is 2.76. The van der Waals surface area contributed by atoms with Crippen LogP contribution >= 0.6 is 0 Å². The van der Waals surface area contributed by atoms with Gasteiger partial charge in [-0.2, -0.15) is 0 Å². The van der Waals surface area contributed by atoms with E-state index in [9.17, 15) is 14.4 Å². The zero-order chi connectivity index (χ0) is 22.9. The van der Waals surface area contributed by atoms with Crippen molar-refractivity contribution >= 4 is 28.7 Å². The molecule has 0 spiro atoms. The fourth-order valence-corrected chi connectivity index (χ4v) is 4.84. The van der Waals surface area contributed by atoms with Gasteiger partial charge in [-0.3, -0.25) is 9.47 Å². The number of imidazole rings is 1. The number of esters is 1. The topological polar surface area (TPSA) is 99.7 Å². The van der Waals surface area contributed by atoms with Crippen molar-refractivity contribution in [3.63, 3.8) is 0 Å². The van der Waals surface area contributed by atoms with Gasteiger partial charge in [0, 0.05) is 44.0 Å². The third kappa shape index (κ3) is 4.11. The number of aromatic nitrogens is 2. The molecule has 0 bridgehead atoms. The second-order valence-corrected chi connectivity index (χ2v) is 8.65. The number of benzene rings is 2. The van der Waals surface area contributed by atoms with E-state index in [1.54, 1.807) is 29.2 Å². The maximum Gasteiger partial charge on any atom is 0.337 e. The minimum absolute atomic E-state index is 0.0441. The van der Waals surface area contributed by atoms with Gasteiger partial charge in [-0.15, -0.1) is 0 Å². The summed E-state index contributed by atoms with van der Waals surface area (Å²) in [6.07, 6.45) is 1.82. The Morgan fingerprint density at radius 3 is 2.55 bits per heavy atom. The average molecular weight is 450 g/mol. The molecular formula is C24H27N5O4. The number of nitrogens with zero attached hydrogens (tertiary/aromatic N) is 3. The summed E-state index contributed by atoms with van der Waals surface area (Å²) in [4.78, 5) is 43.9. The van der Waals surface area contributed by atoms with Crippen LogP contribution in [-0.4, -0.2) is 70.7 Å². The van der Waals surface area contributed by atoms with Crippen molar-refractivity contribution in [3.05, 3.63) is 64.6 Å². The molecule has 2 aromatic carbocycles. The number of rotatable bonds is 4. The van der Waals surface area contributed by atoms with Gasteiger partial charge in [-0.05, 0) is 43.2 Å². The molecule has 0 atom stereocenters. The van der Waals surface area contributed by atoms with Crippen LogP contribution in [0.25, 0.3) is 11.0 Å². The Morgan fingerprint density at radius 1 is 1.03 bits per heavy atom. The lowest BCUT2D eigenvalue weighted by atomic mass is 9.99. The summed E-state index contributed by atoms with van der Waals surface area (Å²) < 4.78 is 6.63. The summed E-state index contributed by atoms with van der Waals surface area (Å²) >= 11 is 0. The predicted octanol–water partition coefficient (Wildman–Crippen LogP) is 2.67. The maximum absolute atomic E-state index is 12.6. The van der Waals surface area contributed by atoms with Gasteiger partial charge < -0.3 is 19.9 Å². The molecule has 2 aliphatic rings. The molecule has 2 fully saturated rings. The largest absolute Gasteiger partial charge is 0.465 e. The summed E-state index contributed by atoms with van der Waals surface area (Å²) in [5.74, 6) is -0.437. The van der Waals surface area contributed by atoms with Crippen LogP contribution < -0.4 is 11.0 Å². The number of aromatic amines is 1. The van der Waals surface area contributed by atoms with E-state index in [2.05, 4.69) is 15.2 Å². The summed E-state index contributed by atoms with van der Waals surface area (Å²) in [6, 6.07) is 14.9. The first kappa shape index (κ1) is 21.3. The first-order valence-electron chi connectivity index (χ1n) is 11.2. The number of nitrogens with one attached hydrogen (secondary N) is 2. The molecule has 0 unspecified atom stereocenters. The molecule has 2 saturated heterocycles. The number of hydrogen-bond acceptors (Lipinski definition) is 5. The Balaban J connectivity index is 1.14. The number of likely N-dealkylation sites (tertiary alicyclic amines) is 2. The molecule has 2 amide bonds. The van der Waals surface area contributed by atoms with Crippen molar-refractivity contribution in [1.29, 1.82) is 0 Å². The summed E-state index contributed by atoms with van der Waals surface area (Å²) in [5, 5.41) is 2.85. The normalized spacial score (nSPS) is 17.7. The smallest absolute Gasteiger partial charge is 0.337 e. The molecule has 0 radical (unpaired) electrons. The Morgan fingerprint density at radius 2 is 1.79 bits per heavy atom. The van der Waals surface area contributed by atoms with Crippen LogP contribution in [0.3, 0.4) is 0 Å². The standard InChI is InChI=1S/C24H27N5O4/c1-33-22(30)16-5-4-6-17(13-16)25-23(31)28-14-19(15-28)27-11-9-18(10-12-27)29-21-8-3-2-7-20(21)26-24(29)32/h2-8,13,18-19H,9-12,14-15H2,1H3,(H,25,31)(H,26,32). The number of urea groups is 1. The first-order valence-corrected chi connectivity index (χ1v) is 11.2. The van der Waals surface area contributed by atoms with E-state index in [1.165, 1.54) is 7.11 Å². The molecule has 2 N–H and O–H groups in total. The average Bonchev–Trinajstić information content (AvgIpc) is 3.14. The van der Waals surface area contributed by atoms with Gasteiger partial charge in [0.1, 0.15) is 0 Å². The van der Waals surface area contributed by atoms with Crippen molar-refractivity contribution in [2.24, 2.45) is 0 Å². The number of ether oxygens (including phenoxy) is 1. The Labute approximate surface area is 190 Å². The van der Waals surface area contributed by atoms with E-state index < -0.39 is 5.97 Å². The number of carbonyl (C=O) groups excluding carboxylic acids is 2. The van der Waals surface area contributed by atoms with Crippen LogP contribution in [-0.2, 0) is 4.74 Å². The van der Waals surface area contributed by atoms with Crippen LogP contribution in [0, 0.1) is 0 Å². The van der Waals surface area contributed by atoms with E-state index in [0.29, 0.717) is 30.4 Å². The molecule has 172 valence electrons. The molecule has 3 heterocycles. The van der Waals surface area contributed by atoms with Gasteiger partial charge in [-0.25, -0.2) is 14.4 Å². The van der Waals surface area contributed by atoms with Crippen LogP contribution in [0.15, 0.2) is 53.3 Å². The molecular weight excluding hydrogens is 422 g/mol. The highest BCUT2D eigenvalue weighted by atomic mass is 16.5. The van der Waals surface area contributed by atoms with Gasteiger partial charge >= 0.3 is 17.7 Å². The SMILES string of the molecule is COC(=O)c1cccc(NC(=O)N2CC(N3CCC(n4c(=O)[nH]c5ccccc54)CC3)C2)c1. The molecule has 9 heteroatoms. The van der Waals surface area contributed by atoms with Gasteiger partial charge in [0.2, 0.25) is 0 Å². The number of anilines is 1. The lowest BCUT2D eigenvalue weighted by Crippen LogP contribution is -2.63. The predicted molar refractivity (Wildman–Crippen MR) is 125 cm³/mol. The van der Waals surface area contributed by atoms with E-state index in [-0.39, 0.29) is 17.8 Å². The third-order valence-corrected chi connectivity index (χ3v) is 6.69. The molecule has 9 nitrogen and oxygen atoms in total. The van der Waals surface area contributed by atoms with Crippen LogP contribution in [0.4, 0.5) is 10.5 Å². The van der Waals surface area contributed by atoms with Gasteiger partial charge in [0.05, 0.1) is 23.7 Å². The number of carbonyl (C=O) groups is 2. The Hall–Kier alpha value is -3.59. The van der Waals surface area contributed by atoms with Crippen LogP contribution in [0.5, 0.6) is 0 Å². The highest BCUT2D eigenvalue weighted by molar-refractivity contribution is 5.94. The second-order valence-electron chi connectivity index (χ2n) is 8.65. The minimum atomic E-state index is -0.437. The van der Waals surface area contributed by atoms with E-state index in [1.807, 2.05) is 28.8 Å². The number of amides is 2. The highest BCUT2D eigenvalue weighted by Crippen LogP contribution is 2.28. The minimum Gasteiger partial charge on any atom is -0.465 e. The van der Waals surface area contributed by atoms with Gasteiger partial charge in [0.15, 0.2) is 0 Å². The lowest BCUT2D eigenvalue weighted by Gasteiger charge is -2.47. The highest BCUT2D eigenvalue weighted by Gasteiger charge is 2.37. The van der Waals surface area contributed by atoms with Crippen LogP contribution in [0.2, 0.25) is 0 Å². The number of piperidine rings is 1. The van der Waals surface area contributed by atoms with Crippen molar-refractivity contribution in [3.8, 4) is 0 Å². The molecule has 0 saturated carbocycles. The van der Waals surface area contributed by atoms with Crippen molar-refractivity contribution in [2.75, 3.05) is 38.6 Å². The molecule has 33 heavy (non-hydrogen) atoms.